The molecule has 2 saturated carbocycles. The third kappa shape index (κ3) is 2.44. The van der Waals surface area contributed by atoms with E-state index in [-0.39, 0.29) is 17.6 Å². The van der Waals surface area contributed by atoms with Gasteiger partial charge in [-0.2, -0.15) is 0 Å². The third-order valence-electron chi connectivity index (χ3n) is 6.03. The summed E-state index contributed by atoms with van der Waals surface area (Å²) in [4.78, 5) is 29.5. The van der Waals surface area contributed by atoms with Crippen LogP contribution in [0.5, 0.6) is 0 Å². The smallest absolute Gasteiger partial charge is 0.229 e. The van der Waals surface area contributed by atoms with Crippen LogP contribution in [-0.2, 0) is 4.79 Å². The predicted molar refractivity (Wildman–Crippen MR) is 103 cm³/mol. The minimum absolute atomic E-state index is 0.225. The molecule has 0 aliphatic heterocycles. The number of anilines is 1. The van der Waals surface area contributed by atoms with Gasteiger partial charge in [0.25, 0.3) is 0 Å². The van der Waals surface area contributed by atoms with Gasteiger partial charge in [0.15, 0.2) is 29.1 Å². The summed E-state index contributed by atoms with van der Waals surface area (Å²) in [7, 11) is 3.23. The minimum atomic E-state index is -1.17. The van der Waals surface area contributed by atoms with Gasteiger partial charge in [-0.3, -0.25) is 4.79 Å². The first-order valence-corrected chi connectivity index (χ1v) is 9.42. The van der Waals surface area contributed by atoms with Crippen molar-refractivity contribution in [1.29, 1.82) is 0 Å². The van der Waals surface area contributed by atoms with E-state index in [9.17, 15) is 15.0 Å². The Labute approximate surface area is 170 Å². The first-order valence-electron chi connectivity index (χ1n) is 9.42. The maximum absolute atomic E-state index is 12.4. The van der Waals surface area contributed by atoms with Crippen molar-refractivity contribution < 1.29 is 19.4 Å². The van der Waals surface area contributed by atoms with Crippen molar-refractivity contribution in [2.75, 3.05) is 19.4 Å². The van der Waals surface area contributed by atoms with Crippen LogP contribution in [-0.4, -0.2) is 66.9 Å². The summed E-state index contributed by atoms with van der Waals surface area (Å²) in [5.41, 5.74) is -0.0296. The first kappa shape index (κ1) is 18.5. The van der Waals surface area contributed by atoms with Crippen LogP contribution in [0.1, 0.15) is 24.0 Å². The zero-order valence-electron chi connectivity index (χ0n) is 16.2. The molecule has 2 aliphatic rings. The number of nitrogens with zero attached hydrogens (tertiary/aromatic N) is 5. The number of oxazole rings is 1. The maximum Gasteiger partial charge on any atom is 0.229 e. The van der Waals surface area contributed by atoms with Gasteiger partial charge in [0.05, 0.1) is 30.1 Å². The Morgan fingerprint density at radius 3 is 2.87 bits per heavy atom. The molecule has 0 bridgehead atoms. The fraction of sp³-hybridized carbons (Fsp3) is 0.421. The lowest BCUT2D eigenvalue weighted by Gasteiger charge is -2.23. The average molecular weight is 409 g/mol. The van der Waals surface area contributed by atoms with E-state index in [0.29, 0.717) is 29.2 Å². The Morgan fingerprint density at radius 1 is 1.33 bits per heavy atom. The number of aromatic nitrogens is 5. The highest BCUT2D eigenvalue weighted by Gasteiger charge is 2.75. The molecule has 11 nitrogen and oxygen atoms in total. The summed E-state index contributed by atoms with van der Waals surface area (Å²) in [6, 6.07) is -0.544. The van der Waals surface area contributed by atoms with E-state index in [4.69, 9.17) is 4.42 Å². The minimum Gasteiger partial charge on any atom is -0.435 e. The van der Waals surface area contributed by atoms with Crippen LogP contribution in [0.3, 0.4) is 0 Å². The monoisotopic (exact) mass is 409 g/mol. The van der Waals surface area contributed by atoms with Gasteiger partial charge in [0.2, 0.25) is 11.7 Å². The fourth-order valence-electron chi connectivity index (χ4n) is 4.55. The number of imidazole rings is 1. The molecule has 5 atom stereocenters. The number of carbonyl (C=O) groups excluding carboxylic acids is 1. The molecular weight excluding hydrogens is 390 g/mol. The van der Waals surface area contributed by atoms with E-state index in [2.05, 4.69) is 42.4 Å². The summed E-state index contributed by atoms with van der Waals surface area (Å²) in [6.45, 7) is 0. The lowest BCUT2D eigenvalue weighted by Crippen LogP contribution is -2.41. The molecule has 0 spiro atoms. The van der Waals surface area contributed by atoms with Crippen molar-refractivity contribution >= 4 is 22.9 Å². The molecule has 4 N–H and O–H groups in total. The number of rotatable bonds is 3. The molecule has 154 valence electrons. The van der Waals surface area contributed by atoms with Gasteiger partial charge in [0.1, 0.15) is 6.10 Å². The Bertz CT molecular complexity index is 1190. The van der Waals surface area contributed by atoms with Crippen molar-refractivity contribution in [1.82, 2.24) is 29.8 Å². The highest BCUT2D eigenvalue weighted by Crippen LogP contribution is 2.67. The largest absolute Gasteiger partial charge is 0.435 e. The Balaban J connectivity index is 1.59. The van der Waals surface area contributed by atoms with Crippen molar-refractivity contribution in [2.24, 2.45) is 11.3 Å². The summed E-state index contributed by atoms with van der Waals surface area (Å²) in [6.07, 6.45) is 2.50. The molecule has 3 aromatic rings. The molecule has 0 radical (unpaired) electrons. The van der Waals surface area contributed by atoms with Crippen molar-refractivity contribution in [3.05, 3.63) is 30.5 Å². The average Bonchev–Trinajstić information content (AvgIpc) is 3.06. The van der Waals surface area contributed by atoms with Crippen LogP contribution in [0.2, 0.25) is 0 Å². The second-order valence-corrected chi connectivity index (χ2v) is 7.44. The van der Waals surface area contributed by atoms with Crippen molar-refractivity contribution in [2.45, 2.75) is 24.7 Å². The van der Waals surface area contributed by atoms with Gasteiger partial charge in [-0.15, -0.1) is 0 Å². The molecule has 11 heteroatoms. The number of aliphatic hydroxyl groups is 2. The summed E-state index contributed by atoms with van der Waals surface area (Å²) in [5.74, 6) is 6.21. The Hall–Kier alpha value is -3.49. The van der Waals surface area contributed by atoms with Crippen LogP contribution < -0.4 is 10.6 Å². The van der Waals surface area contributed by atoms with Crippen molar-refractivity contribution in [3.63, 3.8) is 0 Å². The lowest BCUT2D eigenvalue weighted by molar-refractivity contribution is -0.132. The normalized spacial score (nSPS) is 29.2. The lowest BCUT2D eigenvalue weighted by atomic mass is 9.98. The molecule has 0 aromatic carbocycles. The molecule has 30 heavy (non-hydrogen) atoms. The molecular formula is C19H19N7O4. The zero-order chi connectivity index (χ0) is 21.0. The number of hydrogen-bond donors (Lipinski definition) is 4. The number of hydrogen-bond acceptors (Lipinski definition) is 9. The first-order chi connectivity index (χ1) is 14.5. The summed E-state index contributed by atoms with van der Waals surface area (Å²) in [5, 5.41) is 26.9. The molecule has 2 unspecified atom stereocenters. The van der Waals surface area contributed by atoms with Crippen LogP contribution in [0.15, 0.2) is 23.3 Å². The standard InChI is InChI=1S/C19H19N7O4/c1-20-16-12-17(25-11(24-16)4-3-9-6-22-8-30-9)26(7-23-12)13-10-5-19(10,18(29)21-2)15(28)14(13)27/h6-8,10,13-15,27-28H,5H2,1-2H3,(H,21,29)(H,20,24,25)/t10?,13-,14+,15+,19?/m1/s1. The van der Waals surface area contributed by atoms with Crippen LogP contribution in [0.4, 0.5) is 5.82 Å². The van der Waals surface area contributed by atoms with Crippen LogP contribution >= 0.6 is 0 Å². The highest BCUT2D eigenvalue weighted by molar-refractivity contribution is 5.88. The van der Waals surface area contributed by atoms with Gasteiger partial charge < -0.3 is 29.8 Å². The second-order valence-electron chi connectivity index (χ2n) is 7.44. The maximum atomic E-state index is 12.4. The van der Waals surface area contributed by atoms with E-state index in [0.717, 1.165) is 0 Å². The van der Waals surface area contributed by atoms with Gasteiger partial charge >= 0.3 is 0 Å². The molecule has 2 fully saturated rings. The molecule has 0 saturated heterocycles. The summed E-state index contributed by atoms with van der Waals surface area (Å²) < 4.78 is 6.81. The van der Waals surface area contributed by atoms with Gasteiger partial charge in [-0.1, -0.05) is 0 Å². The zero-order valence-corrected chi connectivity index (χ0v) is 16.2. The second kappa shape index (κ2) is 6.51. The predicted octanol–water partition coefficient (Wildman–Crippen LogP) is -0.715. The van der Waals surface area contributed by atoms with Crippen molar-refractivity contribution in [3.8, 4) is 11.8 Å². The number of aliphatic hydroxyl groups excluding tert-OH is 2. The topological polar surface area (TPSA) is 151 Å². The van der Waals surface area contributed by atoms with E-state index in [1.165, 1.54) is 19.6 Å². The van der Waals surface area contributed by atoms with E-state index >= 15 is 0 Å². The highest BCUT2D eigenvalue weighted by atomic mass is 16.3. The molecule has 2 aliphatic carbocycles. The molecule has 3 heterocycles. The summed E-state index contributed by atoms with van der Waals surface area (Å²) >= 11 is 0. The number of nitrogens with one attached hydrogen (secondary N) is 2. The van der Waals surface area contributed by atoms with E-state index in [1.54, 1.807) is 17.9 Å². The Morgan fingerprint density at radius 2 is 2.17 bits per heavy atom. The number of fused-ring (bicyclic) bond motifs is 2. The quantitative estimate of drug-likeness (QED) is 0.411. The van der Waals surface area contributed by atoms with E-state index < -0.39 is 23.7 Å². The molecule has 3 aromatic heterocycles. The molecule has 5 rings (SSSR count). The van der Waals surface area contributed by atoms with Gasteiger partial charge in [-0.05, 0) is 18.3 Å². The van der Waals surface area contributed by atoms with Gasteiger partial charge in [-0.25, -0.2) is 19.9 Å². The SMILES string of the molecule is CNC(=O)C12CC1[C@@H](n1cnc3c(NC)nc(C#Cc4cnco4)nc31)[C@H](O)[C@@H]2O. The van der Waals surface area contributed by atoms with Gasteiger partial charge in [0, 0.05) is 20.0 Å². The van der Waals surface area contributed by atoms with Crippen LogP contribution in [0.25, 0.3) is 11.2 Å². The number of amides is 1. The van der Waals surface area contributed by atoms with E-state index in [1.807, 2.05) is 0 Å². The van der Waals surface area contributed by atoms with Crippen LogP contribution in [0, 0.1) is 23.2 Å². The number of carbonyl (C=O) groups is 1. The fourth-order valence-corrected chi connectivity index (χ4v) is 4.55. The molecule has 1 amide bonds. The third-order valence-corrected chi connectivity index (χ3v) is 6.03. The Kier molecular flexibility index (Phi) is 4.02.